The van der Waals surface area contributed by atoms with Crippen LogP contribution in [0.15, 0.2) is 4.99 Å². The molecule has 1 aromatic heterocycles. The maximum Gasteiger partial charge on any atom is 0.191 e. The van der Waals surface area contributed by atoms with Gasteiger partial charge in [-0.15, -0.1) is 0 Å². The number of aryl methyl sites for hydroxylation is 2. The lowest BCUT2D eigenvalue weighted by molar-refractivity contribution is 0.703. The van der Waals surface area contributed by atoms with E-state index < -0.39 is 0 Å². The van der Waals surface area contributed by atoms with Crippen molar-refractivity contribution in [2.75, 3.05) is 13.1 Å². The van der Waals surface area contributed by atoms with E-state index >= 15 is 0 Å². The van der Waals surface area contributed by atoms with E-state index in [1.807, 2.05) is 11.7 Å². The number of guanidine groups is 1. The van der Waals surface area contributed by atoms with Gasteiger partial charge in [0.2, 0.25) is 0 Å². The normalized spacial score (nSPS) is 15.3. The summed E-state index contributed by atoms with van der Waals surface area (Å²) in [6, 6.07) is 0. The van der Waals surface area contributed by atoms with Crippen molar-refractivity contribution >= 4 is 5.96 Å². The van der Waals surface area contributed by atoms with Gasteiger partial charge in [-0.05, 0) is 38.5 Å². The monoisotopic (exact) mass is 291 g/mol. The molecule has 0 radical (unpaired) electrons. The Morgan fingerprint density at radius 1 is 1.24 bits per heavy atom. The van der Waals surface area contributed by atoms with Gasteiger partial charge in [0.05, 0.1) is 12.2 Å². The molecule has 0 atom stereocenters. The van der Waals surface area contributed by atoms with Gasteiger partial charge in [-0.3, -0.25) is 4.68 Å². The molecule has 0 aromatic carbocycles. The molecule has 0 bridgehead atoms. The minimum atomic E-state index is 0.709. The van der Waals surface area contributed by atoms with Crippen LogP contribution in [-0.2, 0) is 26.4 Å². The minimum absolute atomic E-state index is 0.709. The van der Waals surface area contributed by atoms with E-state index in [0.29, 0.717) is 6.54 Å². The molecule has 21 heavy (non-hydrogen) atoms. The second kappa shape index (κ2) is 7.48. The molecular weight excluding hydrogens is 262 g/mol. The fraction of sp³-hybridized carbons (Fsp3) is 0.750. The number of aliphatic imine (C=N–C) groups is 1. The van der Waals surface area contributed by atoms with Gasteiger partial charge in [0, 0.05) is 31.4 Å². The Balaban J connectivity index is 2.07. The van der Waals surface area contributed by atoms with Gasteiger partial charge in [-0.25, -0.2) is 4.99 Å². The molecule has 0 amide bonds. The molecule has 1 saturated carbocycles. The highest BCUT2D eigenvalue weighted by atomic mass is 15.3. The van der Waals surface area contributed by atoms with Gasteiger partial charge >= 0.3 is 0 Å². The number of nitrogens with zero attached hydrogens (tertiary/aromatic N) is 3. The first kappa shape index (κ1) is 15.9. The maximum absolute atomic E-state index is 4.76. The van der Waals surface area contributed by atoms with Gasteiger partial charge in [0.25, 0.3) is 0 Å². The van der Waals surface area contributed by atoms with E-state index in [4.69, 9.17) is 4.99 Å². The second-order valence-electron chi connectivity index (χ2n) is 5.72. The lowest BCUT2D eigenvalue weighted by Crippen LogP contribution is -2.38. The van der Waals surface area contributed by atoms with Gasteiger partial charge < -0.3 is 10.6 Å². The van der Waals surface area contributed by atoms with Crippen LogP contribution in [0, 0.1) is 5.92 Å². The number of hydrogen-bond acceptors (Lipinski definition) is 2. The summed E-state index contributed by atoms with van der Waals surface area (Å²) in [6.07, 6.45) is 4.68. The van der Waals surface area contributed by atoms with Crippen LogP contribution in [0.4, 0.5) is 0 Å². The molecule has 5 heteroatoms. The SMILES string of the molecule is CCNC(=NCc1c(CC)nn(C)c1CC)NCC1CC1. The molecule has 0 saturated heterocycles. The van der Waals surface area contributed by atoms with E-state index in [-0.39, 0.29) is 0 Å². The third-order valence-electron chi connectivity index (χ3n) is 4.02. The third kappa shape index (κ3) is 4.22. The highest BCUT2D eigenvalue weighted by Crippen LogP contribution is 2.27. The zero-order valence-electron chi connectivity index (χ0n) is 13.9. The van der Waals surface area contributed by atoms with Crippen molar-refractivity contribution < 1.29 is 0 Å². The molecule has 5 nitrogen and oxygen atoms in total. The van der Waals surface area contributed by atoms with E-state index in [0.717, 1.165) is 37.8 Å². The molecule has 118 valence electrons. The molecular formula is C16H29N5. The Labute approximate surface area is 128 Å². The second-order valence-corrected chi connectivity index (χ2v) is 5.72. The number of aromatic nitrogens is 2. The zero-order valence-corrected chi connectivity index (χ0v) is 13.9. The average molecular weight is 291 g/mol. The van der Waals surface area contributed by atoms with Crippen molar-refractivity contribution in [1.82, 2.24) is 20.4 Å². The van der Waals surface area contributed by atoms with E-state index in [1.165, 1.54) is 29.8 Å². The van der Waals surface area contributed by atoms with Gasteiger partial charge in [-0.2, -0.15) is 5.10 Å². The van der Waals surface area contributed by atoms with Crippen LogP contribution in [0.1, 0.15) is 50.6 Å². The van der Waals surface area contributed by atoms with Gasteiger partial charge in [0.15, 0.2) is 5.96 Å². The average Bonchev–Trinajstić information content (AvgIpc) is 3.25. The Hall–Kier alpha value is -1.52. The van der Waals surface area contributed by atoms with Gasteiger partial charge in [-0.1, -0.05) is 13.8 Å². The Bertz CT molecular complexity index is 485. The summed E-state index contributed by atoms with van der Waals surface area (Å²) in [7, 11) is 2.03. The summed E-state index contributed by atoms with van der Waals surface area (Å²) in [5, 5.41) is 11.4. The number of nitrogens with one attached hydrogen (secondary N) is 2. The number of rotatable bonds is 7. The molecule has 0 aliphatic heterocycles. The Morgan fingerprint density at radius 2 is 2.00 bits per heavy atom. The number of hydrogen-bond donors (Lipinski definition) is 2. The maximum atomic E-state index is 4.76. The molecule has 2 N–H and O–H groups in total. The van der Waals surface area contributed by atoms with Gasteiger partial charge in [0.1, 0.15) is 0 Å². The Kier molecular flexibility index (Phi) is 5.65. The predicted molar refractivity (Wildman–Crippen MR) is 87.5 cm³/mol. The highest BCUT2D eigenvalue weighted by Gasteiger charge is 2.21. The molecule has 1 aromatic rings. The van der Waals surface area contributed by atoms with Crippen molar-refractivity contribution in [2.24, 2.45) is 18.0 Å². The molecule has 0 spiro atoms. The van der Waals surface area contributed by atoms with Crippen molar-refractivity contribution in [1.29, 1.82) is 0 Å². The quantitative estimate of drug-likeness (QED) is 0.597. The van der Waals surface area contributed by atoms with Crippen molar-refractivity contribution in [3.05, 3.63) is 17.0 Å². The zero-order chi connectivity index (χ0) is 15.2. The summed E-state index contributed by atoms with van der Waals surface area (Å²) in [4.78, 5) is 4.76. The fourth-order valence-electron chi connectivity index (χ4n) is 2.64. The summed E-state index contributed by atoms with van der Waals surface area (Å²) >= 11 is 0. The van der Waals surface area contributed by atoms with E-state index in [2.05, 4.69) is 36.5 Å². The van der Waals surface area contributed by atoms with Crippen molar-refractivity contribution in [2.45, 2.75) is 53.0 Å². The molecule has 1 aliphatic rings. The van der Waals surface area contributed by atoms with Crippen LogP contribution < -0.4 is 10.6 Å². The summed E-state index contributed by atoms with van der Waals surface area (Å²) in [5.41, 5.74) is 3.77. The largest absolute Gasteiger partial charge is 0.357 e. The van der Waals surface area contributed by atoms with E-state index in [1.54, 1.807) is 0 Å². The minimum Gasteiger partial charge on any atom is -0.357 e. The van der Waals surface area contributed by atoms with E-state index in [9.17, 15) is 0 Å². The lowest BCUT2D eigenvalue weighted by Gasteiger charge is -2.11. The first-order chi connectivity index (χ1) is 10.2. The van der Waals surface area contributed by atoms with Crippen LogP contribution in [0.25, 0.3) is 0 Å². The fourth-order valence-corrected chi connectivity index (χ4v) is 2.64. The summed E-state index contributed by atoms with van der Waals surface area (Å²) in [5.74, 6) is 1.78. The van der Waals surface area contributed by atoms with Crippen LogP contribution in [0.3, 0.4) is 0 Å². The lowest BCUT2D eigenvalue weighted by atomic mass is 10.1. The molecule has 1 heterocycles. The van der Waals surface area contributed by atoms with Crippen molar-refractivity contribution in [3.8, 4) is 0 Å². The molecule has 1 fully saturated rings. The van der Waals surface area contributed by atoms with Crippen LogP contribution in [0.2, 0.25) is 0 Å². The first-order valence-corrected chi connectivity index (χ1v) is 8.25. The Morgan fingerprint density at radius 3 is 2.57 bits per heavy atom. The molecule has 0 unspecified atom stereocenters. The third-order valence-corrected chi connectivity index (χ3v) is 4.02. The van der Waals surface area contributed by atoms with Crippen molar-refractivity contribution in [3.63, 3.8) is 0 Å². The molecule has 2 rings (SSSR count). The predicted octanol–water partition coefficient (Wildman–Crippen LogP) is 2.01. The van der Waals surface area contributed by atoms with Crippen LogP contribution in [0.5, 0.6) is 0 Å². The summed E-state index contributed by atoms with van der Waals surface area (Å²) in [6.45, 7) is 9.09. The van der Waals surface area contributed by atoms with Crippen LogP contribution >= 0.6 is 0 Å². The first-order valence-electron chi connectivity index (χ1n) is 8.25. The topological polar surface area (TPSA) is 54.2 Å². The highest BCUT2D eigenvalue weighted by molar-refractivity contribution is 5.79. The standard InChI is InChI=1S/C16H29N5/c1-5-14-13(15(6-2)21(4)20-14)11-19-16(17-7-3)18-10-12-8-9-12/h12H,5-11H2,1-4H3,(H2,17,18,19). The van der Waals surface area contributed by atoms with Crippen LogP contribution in [-0.4, -0.2) is 28.8 Å². The smallest absolute Gasteiger partial charge is 0.191 e. The molecule has 1 aliphatic carbocycles. The summed E-state index contributed by atoms with van der Waals surface area (Å²) < 4.78 is 2.01.